The Bertz CT molecular complexity index is 878. The Balaban J connectivity index is 1.63. The van der Waals surface area contributed by atoms with E-state index >= 15 is 0 Å². The molecule has 2 amide bonds. The van der Waals surface area contributed by atoms with Crippen LogP contribution in [0.4, 0.5) is 0 Å². The Hall–Kier alpha value is -2.53. The van der Waals surface area contributed by atoms with Crippen LogP contribution in [0.1, 0.15) is 55.5 Å². The van der Waals surface area contributed by atoms with Crippen LogP contribution in [-0.4, -0.2) is 24.0 Å². The maximum absolute atomic E-state index is 12.9. The first-order valence-corrected chi connectivity index (χ1v) is 10.9. The maximum Gasteiger partial charge on any atom is 0.253 e. The number of hydrogen-bond donors (Lipinski definition) is 2. The number of carbonyl (C=O) groups excluding carboxylic acids is 2. The summed E-state index contributed by atoms with van der Waals surface area (Å²) in [5.41, 5.74) is 1.28. The lowest BCUT2D eigenvalue weighted by atomic mass is 10.0. The Morgan fingerprint density at radius 1 is 1.07 bits per heavy atom. The molecule has 0 heterocycles. The first-order valence-electron chi connectivity index (χ1n) is 10.5. The van der Waals surface area contributed by atoms with Gasteiger partial charge in [-0.15, -0.1) is 0 Å². The number of carbonyl (C=O) groups is 2. The molecule has 30 heavy (non-hydrogen) atoms. The van der Waals surface area contributed by atoms with Gasteiger partial charge in [-0.25, -0.2) is 0 Å². The molecular formula is C24H29ClN2O3. The molecular weight excluding hydrogens is 400 g/mol. The van der Waals surface area contributed by atoms with E-state index in [4.69, 9.17) is 16.3 Å². The summed E-state index contributed by atoms with van der Waals surface area (Å²) in [5, 5.41) is 6.12. The van der Waals surface area contributed by atoms with Crippen molar-refractivity contribution in [2.24, 2.45) is 5.92 Å². The van der Waals surface area contributed by atoms with E-state index in [0.29, 0.717) is 17.1 Å². The third-order valence-corrected chi connectivity index (χ3v) is 5.71. The van der Waals surface area contributed by atoms with E-state index in [-0.39, 0.29) is 23.8 Å². The van der Waals surface area contributed by atoms with Crippen molar-refractivity contribution in [3.8, 4) is 5.75 Å². The molecule has 1 atom stereocenters. The standard InChI is InChI=1S/C24H29ClN2O3/c1-16(2)22(27-23(28)19-12-6-7-13-20(19)25)24(29)26-15-17-9-3-8-14-21(17)30-18-10-4-5-11-18/h3,6-9,12-14,16,18,22H,4-5,10-11,15H2,1-2H3,(H,26,29)(H,27,28). The molecule has 2 aromatic rings. The van der Waals surface area contributed by atoms with Gasteiger partial charge in [-0.1, -0.05) is 55.8 Å². The summed E-state index contributed by atoms with van der Waals surface area (Å²) >= 11 is 6.11. The highest BCUT2D eigenvalue weighted by Gasteiger charge is 2.25. The molecule has 160 valence electrons. The van der Waals surface area contributed by atoms with Gasteiger partial charge in [0.15, 0.2) is 0 Å². The summed E-state index contributed by atoms with van der Waals surface area (Å²) in [6, 6.07) is 13.9. The molecule has 0 saturated heterocycles. The monoisotopic (exact) mass is 428 g/mol. The fourth-order valence-corrected chi connectivity index (χ4v) is 3.86. The van der Waals surface area contributed by atoms with Crippen LogP contribution in [0.5, 0.6) is 5.75 Å². The molecule has 0 radical (unpaired) electrons. The number of amides is 2. The molecule has 1 unspecified atom stereocenters. The molecule has 5 nitrogen and oxygen atoms in total. The molecule has 0 aliphatic heterocycles. The van der Waals surface area contributed by atoms with Gasteiger partial charge in [-0.2, -0.15) is 0 Å². The van der Waals surface area contributed by atoms with E-state index in [1.165, 1.54) is 12.8 Å². The van der Waals surface area contributed by atoms with Gasteiger partial charge in [0.2, 0.25) is 5.91 Å². The average molecular weight is 429 g/mol. The largest absolute Gasteiger partial charge is 0.490 e. The van der Waals surface area contributed by atoms with E-state index < -0.39 is 6.04 Å². The van der Waals surface area contributed by atoms with Crippen LogP contribution >= 0.6 is 11.6 Å². The number of halogens is 1. The molecule has 0 bridgehead atoms. The van der Waals surface area contributed by atoms with E-state index in [0.717, 1.165) is 24.2 Å². The molecule has 0 aromatic heterocycles. The van der Waals surface area contributed by atoms with Gasteiger partial charge in [0.05, 0.1) is 16.7 Å². The minimum absolute atomic E-state index is 0.0820. The average Bonchev–Trinajstić information content (AvgIpc) is 3.24. The minimum Gasteiger partial charge on any atom is -0.490 e. The summed E-state index contributed by atoms with van der Waals surface area (Å²) in [4.78, 5) is 25.5. The zero-order valence-electron chi connectivity index (χ0n) is 17.5. The van der Waals surface area contributed by atoms with Gasteiger partial charge in [0, 0.05) is 12.1 Å². The van der Waals surface area contributed by atoms with Crippen molar-refractivity contribution in [2.75, 3.05) is 0 Å². The van der Waals surface area contributed by atoms with E-state index in [1.54, 1.807) is 24.3 Å². The van der Waals surface area contributed by atoms with Crippen LogP contribution < -0.4 is 15.4 Å². The van der Waals surface area contributed by atoms with Crippen molar-refractivity contribution in [1.29, 1.82) is 0 Å². The van der Waals surface area contributed by atoms with Gasteiger partial charge >= 0.3 is 0 Å². The molecule has 0 spiro atoms. The molecule has 1 aliphatic rings. The molecule has 2 N–H and O–H groups in total. The lowest BCUT2D eigenvalue weighted by Gasteiger charge is -2.23. The summed E-state index contributed by atoms with van der Waals surface area (Å²) in [7, 11) is 0. The van der Waals surface area contributed by atoms with Crippen LogP contribution in [0.2, 0.25) is 5.02 Å². The lowest BCUT2D eigenvalue weighted by molar-refractivity contribution is -0.124. The number of benzene rings is 2. The zero-order chi connectivity index (χ0) is 21.5. The van der Waals surface area contributed by atoms with Crippen molar-refractivity contribution in [2.45, 2.75) is 58.2 Å². The van der Waals surface area contributed by atoms with Gasteiger partial charge in [0.25, 0.3) is 5.91 Å². The highest BCUT2D eigenvalue weighted by Crippen LogP contribution is 2.26. The number of nitrogens with one attached hydrogen (secondary N) is 2. The first-order chi connectivity index (χ1) is 14.5. The van der Waals surface area contributed by atoms with E-state index in [1.807, 2.05) is 38.1 Å². The lowest BCUT2D eigenvalue weighted by Crippen LogP contribution is -2.49. The second-order valence-electron chi connectivity index (χ2n) is 8.02. The predicted octanol–water partition coefficient (Wildman–Crippen LogP) is 4.73. The molecule has 1 aliphatic carbocycles. The third kappa shape index (κ3) is 5.76. The van der Waals surface area contributed by atoms with Gasteiger partial charge in [-0.05, 0) is 49.8 Å². The van der Waals surface area contributed by atoms with Crippen molar-refractivity contribution in [3.05, 3.63) is 64.7 Å². The number of ether oxygens (including phenoxy) is 1. The van der Waals surface area contributed by atoms with E-state index in [2.05, 4.69) is 10.6 Å². The first kappa shape index (κ1) is 22.2. The van der Waals surface area contributed by atoms with Crippen LogP contribution in [0.3, 0.4) is 0 Å². The Morgan fingerprint density at radius 3 is 2.43 bits per heavy atom. The predicted molar refractivity (Wildman–Crippen MR) is 119 cm³/mol. The third-order valence-electron chi connectivity index (χ3n) is 5.38. The van der Waals surface area contributed by atoms with Crippen molar-refractivity contribution >= 4 is 23.4 Å². The Labute approximate surface area is 183 Å². The molecule has 1 saturated carbocycles. The van der Waals surface area contributed by atoms with Crippen LogP contribution in [-0.2, 0) is 11.3 Å². The number of para-hydroxylation sites is 1. The Kier molecular flexibility index (Phi) is 7.75. The minimum atomic E-state index is -0.670. The summed E-state index contributed by atoms with van der Waals surface area (Å²) in [5.74, 6) is 0.132. The highest BCUT2D eigenvalue weighted by molar-refractivity contribution is 6.33. The fraction of sp³-hybridized carbons (Fsp3) is 0.417. The molecule has 3 rings (SSSR count). The van der Waals surface area contributed by atoms with Gasteiger partial charge < -0.3 is 15.4 Å². The van der Waals surface area contributed by atoms with Crippen LogP contribution in [0.25, 0.3) is 0 Å². The van der Waals surface area contributed by atoms with E-state index in [9.17, 15) is 9.59 Å². The summed E-state index contributed by atoms with van der Waals surface area (Å²) in [6.07, 6.45) is 4.80. The quantitative estimate of drug-likeness (QED) is 0.638. The van der Waals surface area contributed by atoms with Crippen LogP contribution in [0, 0.1) is 5.92 Å². The second kappa shape index (κ2) is 10.5. The molecule has 6 heteroatoms. The van der Waals surface area contributed by atoms with Crippen molar-refractivity contribution in [3.63, 3.8) is 0 Å². The zero-order valence-corrected chi connectivity index (χ0v) is 18.2. The number of hydrogen-bond acceptors (Lipinski definition) is 3. The normalized spacial score (nSPS) is 15.1. The molecule has 2 aromatic carbocycles. The fourth-order valence-electron chi connectivity index (χ4n) is 3.64. The van der Waals surface area contributed by atoms with Crippen molar-refractivity contribution < 1.29 is 14.3 Å². The Morgan fingerprint density at radius 2 is 1.73 bits per heavy atom. The van der Waals surface area contributed by atoms with Gasteiger partial charge in [-0.3, -0.25) is 9.59 Å². The van der Waals surface area contributed by atoms with Crippen LogP contribution in [0.15, 0.2) is 48.5 Å². The van der Waals surface area contributed by atoms with Crippen molar-refractivity contribution in [1.82, 2.24) is 10.6 Å². The maximum atomic E-state index is 12.9. The second-order valence-corrected chi connectivity index (χ2v) is 8.43. The topological polar surface area (TPSA) is 67.4 Å². The smallest absolute Gasteiger partial charge is 0.253 e. The highest BCUT2D eigenvalue weighted by atomic mass is 35.5. The summed E-state index contributed by atoms with van der Waals surface area (Å²) in [6.45, 7) is 4.13. The molecule has 1 fully saturated rings. The SMILES string of the molecule is CC(C)C(NC(=O)c1ccccc1Cl)C(=O)NCc1ccccc1OC1CCCC1. The van der Waals surface area contributed by atoms with Gasteiger partial charge in [0.1, 0.15) is 11.8 Å². The number of rotatable bonds is 8. The summed E-state index contributed by atoms with van der Waals surface area (Å²) < 4.78 is 6.15.